The smallest absolute Gasteiger partial charge is 0.104 e. The molecule has 4 nitrogen and oxygen atoms in total. The van der Waals surface area contributed by atoms with Gasteiger partial charge >= 0.3 is 0 Å². The highest BCUT2D eigenvalue weighted by Crippen LogP contribution is 2.18. The zero-order chi connectivity index (χ0) is 14.5. The van der Waals surface area contributed by atoms with Gasteiger partial charge in [0.2, 0.25) is 0 Å². The Balaban J connectivity index is 1.53. The SMILES string of the molecule is C=CCc1cc(COCC2CO2)ccc1COCC1CO1. The van der Waals surface area contributed by atoms with Crippen molar-refractivity contribution in [3.63, 3.8) is 0 Å². The van der Waals surface area contributed by atoms with Crippen molar-refractivity contribution >= 4 is 0 Å². The largest absolute Gasteiger partial charge is 0.374 e. The zero-order valence-corrected chi connectivity index (χ0v) is 12.3. The van der Waals surface area contributed by atoms with Crippen LogP contribution in [0.5, 0.6) is 0 Å². The summed E-state index contributed by atoms with van der Waals surface area (Å²) in [5, 5.41) is 0. The van der Waals surface area contributed by atoms with Crippen molar-refractivity contribution in [3.05, 3.63) is 47.5 Å². The molecule has 0 amide bonds. The second kappa shape index (κ2) is 7.18. The quantitative estimate of drug-likeness (QED) is 0.490. The Morgan fingerprint density at radius 3 is 2.33 bits per heavy atom. The lowest BCUT2D eigenvalue weighted by molar-refractivity contribution is 0.102. The van der Waals surface area contributed by atoms with Gasteiger partial charge < -0.3 is 18.9 Å². The average Bonchev–Trinajstić information content (AvgIpc) is 3.35. The van der Waals surface area contributed by atoms with Crippen molar-refractivity contribution < 1.29 is 18.9 Å². The molecular weight excluding hydrogens is 268 g/mol. The first-order valence-electron chi connectivity index (χ1n) is 7.45. The van der Waals surface area contributed by atoms with Gasteiger partial charge in [-0.1, -0.05) is 24.3 Å². The van der Waals surface area contributed by atoms with E-state index in [1.54, 1.807) is 0 Å². The molecule has 0 spiro atoms. The van der Waals surface area contributed by atoms with E-state index in [2.05, 4.69) is 24.8 Å². The lowest BCUT2D eigenvalue weighted by Gasteiger charge is -2.11. The summed E-state index contributed by atoms with van der Waals surface area (Å²) in [5.41, 5.74) is 3.65. The topological polar surface area (TPSA) is 43.5 Å². The number of ether oxygens (including phenoxy) is 4. The molecule has 0 radical (unpaired) electrons. The molecule has 2 aliphatic rings. The molecule has 21 heavy (non-hydrogen) atoms. The van der Waals surface area contributed by atoms with Gasteiger partial charge in [0.05, 0.1) is 39.6 Å². The molecule has 2 fully saturated rings. The van der Waals surface area contributed by atoms with E-state index in [-0.39, 0.29) is 0 Å². The summed E-state index contributed by atoms with van der Waals surface area (Å²) in [4.78, 5) is 0. The van der Waals surface area contributed by atoms with E-state index in [0.717, 1.165) is 19.6 Å². The maximum absolute atomic E-state index is 5.68. The van der Waals surface area contributed by atoms with Crippen molar-refractivity contribution in [2.24, 2.45) is 0 Å². The molecule has 2 heterocycles. The van der Waals surface area contributed by atoms with Crippen LogP contribution >= 0.6 is 0 Å². The lowest BCUT2D eigenvalue weighted by atomic mass is 10.0. The minimum atomic E-state index is 0.310. The number of hydrogen-bond acceptors (Lipinski definition) is 4. The highest BCUT2D eigenvalue weighted by Gasteiger charge is 2.23. The van der Waals surface area contributed by atoms with Gasteiger partial charge in [-0.15, -0.1) is 6.58 Å². The Labute approximate surface area is 125 Å². The molecule has 0 aliphatic carbocycles. The molecular formula is C17H22O4. The van der Waals surface area contributed by atoms with Gasteiger partial charge in [-0.3, -0.25) is 0 Å². The summed E-state index contributed by atoms with van der Waals surface area (Å²) in [6.45, 7) is 8.12. The highest BCUT2D eigenvalue weighted by atomic mass is 16.6. The number of allylic oxidation sites excluding steroid dienone is 1. The molecule has 1 aromatic carbocycles. The fourth-order valence-electron chi connectivity index (χ4n) is 2.19. The predicted octanol–water partition coefficient (Wildman–Crippen LogP) is 2.25. The molecule has 0 N–H and O–H groups in total. The summed E-state index contributed by atoms with van der Waals surface area (Å²) < 4.78 is 21.6. The van der Waals surface area contributed by atoms with E-state index >= 15 is 0 Å². The number of hydrogen-bond donors (Lipinski definition) is 0. The minimum Gasteiger partial charge on any atom is -0.374 e. The van der Waals surface area contributed by atoms with Crippen molar-refractivity contribution in [1.82, 2.24) is 0 Å². The van der Waals surface area contributed by atoms with E-state index < -0.39 is 0 Å². The van der Waals surface area contributed by atoms with Gasteiger partial charge in [0.1, 0.15) is 12.2 Å². The second-order valence-corrected chi connectivity index (χ2v) is 5.54. The maximum Gasteiger partial charge on any atom is 0.104 e. The van der Waals surface area contributed by atoms with E-state index in [0.29, 0.717) is 38.6 Å². The van der Waals surface area contributed by atoms with Crippen LogP contribution in [0, 0.1) is 0 Å². The molecule has 0 saturated carbocycles. The van der Waals surface area contributed by atoms with Crippen LogP contribution in [0.1, 0.15) is 16.7 Å². The van der Waals surface area contributed by atoms with Crippen LogP contribution in [-0.4, -0.2) is 38.6 Å². The number of epoxide rings is 2. The Morgan fingerprint density at radius 2 is 1.71 bits per heavy atom. The molecule has 2 unspecified atom stereocenters. The molecule has 2 saturated heterocycles. The van der Waals surface area contributed by atoms with E-state index in [4.69, 9.17) is 18.9 Å². The van der Waals surface area contributed by atoms with Crippen LogP contribution < -0.4 is 0 Å². The third kappa shape index (κ3) is 4.93. The van der Waals surface area contributed by atoms with Crippen molar-refractivity contribution in [2.45, 2.75) is 31.8 Å². The van der Waals surface area contributed by atoms with Crippen molar-refractivity contribution in [2.75, 3.05) is 26.4 Å². The highest BCUT2D eigenvalue weighted by molar-refractivity contribution is 5.33. The van der Waals surface area contributed by atoms with Crippen molar-refractivity contribution in [3.8, 4) is 0 Å². The van der Waals surface area contributed by atoms with Crippen LogP contribution in [-0.2, 0) is 38.6 Å². The van der Waals surface area contributed by atoms with Gasteiger partial charge in [-0.25, -0.2) is 0 Å². The first kappa shape index (κ1) is 14.7. The fourth-order valence-corrected chi connectivity index (χ4v) is 2.19. The van der Waals surface area contributed by atoms with E-state index in [9.17, 15) is 0 Å². The van der Waals surface area contributed by atoms with E-state index in [1.165, 1.54) is 16.7 Å². The van der Waals surface area contributed by atoms with Crippen LogP contribution in [0.3, 0.4) is 0 Å². The summed E-state index contributed by atoms with van der Waals surface area (Å²) in [7, 11) is 0. The third-order valence-electron chi connectivity index (χ3n) is 3.57. The fraction of sp³-hybridized carbons (Fsp3) is 0.529. The van der Waals surface area contributed by atoms with Crippen LogP contribution in [0.4, 0.5) is 0 Å². The molecule has 2 aliphatic heterocycles. The summed E-state index contributed by atoms with van der Waals surface area (Å²) in [6, 6.07) is 6.41. The molecule has 0 aromatic heterocycles. The van der Waals surface area contributed by atoms with Gasteiger partial charge in [-0.05, 0) is 23.1 Å². The summed E-state index contributed by atoms with van der Waals surface area (Å²) >= 11 is 0. The molecule has 2 atom stereocenters. The lowest BCUT2D eigenvalue weighted by Crippen LogP contribution is -2.05. The number of benzene rings is 1. The second-order valence-electron chi connectivity index (χ2n) is 5.54. The number of rotatable bonds is 10. The molecule has 114 valence electrons. The van der Waals surface area contributed by atoms with Gasteiger partial charge in [-0.2, -0.15) is 0 Å². The normalized spacial score (nSPS) is 23.0. The third-order valence-corrected chi connectivity index (χ3v) is 3.57. The molecule has 1 aromatic rings. The van der Waals surface area contributed by atoms with Crippen LogP contribution in [0.25, 0.3) is 0 Å². The average molecular weight is 290 g/mol. The van der Waals surface area contributed by atoms with Crippen LogP contribution in [0.15, 0.2) is 30.9 Å². The summed E-state index contributed by atoms with van der Waals surface area (Å²) in [5.74, 6) is 0. The molecule has 3 rings (SSSR count). The van der Waals surface area contributed by atoms with Crippen molar-refractivity contribution in [1.29, 1.82) is 0 Å². The van der Waals surface area contributed by atoms with Gasteiger partial charge in [0.25, 0.3) is 0 Å². The van der Waals surface area contributed by atoms with Gasteiger partial charge in [0, 0.05) is 0 Å². The Bertz CT molecular complexity index is 478. The minimum absolute atomic E-state index is 0.310. The monoisotopic (exact) mass is 290 g/mol. The summed E-state index contributed by atoms with van der Waals surface area (Å²) in [6.07, 6.45) is 3.39. The Morgan fingerprint density at radius 1 is 1.05 bits per heavy atom. The predicted molar refractivity (Wildman–Crippen MR) is 79.1 cm³/mol. The zero-order valence-electron chi connectivity index (χ0n) is 12.3. The van der Waals surface area contributed by atoms with E-state index in [1.807, 2.05) is 6.08 Å². The first-order chi connectivity index (χ1) is 10.3. The van der Waals surface area contributed by atoms with Gasteiger partial charge in [0.15, 0.2) is 0 Å². The molecule has 4 heteroatoms. The maximum atomic E-state index is 5.68. The van der Waals surface area contributed by atoms with Crippen LogP contribution in [0.2, 0.25) is 0 Å². The first-order valence-corrected chi connectivity index (χ1v) is 7.45. The Kier molecular flexibility index (Phi) is 5.04. The standard InChI is InChI=1S/C17H22O4/c1-2-3-14-6-13(7-18-9-16-11-20-16)4-5-15(14)8-19-10-17-12-21-17/h2,4-6,16-17H,1,3,7-12H2. The Hall–Kier alpha value is -1.20. The molecule has 0 bridgehead atoms.